The van der Waals surface area contributed by atoms with Gasteiger partial charge in [-0.15, -0.1) is 0 Å². The molecule has 0 heterocycles. The van der Waals surface area contributed by atoms with Gasteiger partial charge in [-0.2, -0.15) is 0 Å². The minimum absolute atomic E-state index is 0.0339. The van der Waals surface area contributed by atoms with E-state index >= 15 is 0 Å². The molecular weight excluding hydrogens is 276 g/mol. The average molecular weight is 294 g/mol. The first-order valence-electron chi connectivity index (χ1n) is 6.49. The van der Waals surface area contributed by atoms with Crippen LogP contribution in [0.2, 0.25) is 0 Å². The zero-order chi connectivity index (χ0) is 16.0. The van der Waals surface area contributed by atoms with Crippen LogP contribution >= 0.6 is 0 Å². The Morgan fingerprint density at radius 3 is 2.05 bits per heavy atom. The first-order chi connectivity index (χ1) is 9.87. The Bertz CT molecular complexity index is 520. The van der Waals surface area contributed by atoms with Crippen molar-refractivity contribution < 1.29 is 24.6 Å². The van der Waals surface area contributed by atoms with Gasteiger partial charge in [-0.1, -0.05) is 13.3 Å². The number of aromatic carboxylic acids is 2. The van der Waals surface area contributed by atoms with Gasteiger partial charge in [0.1, 0.15) is 0 Å². The molecule has 0 spiro atoms. The molecule has 1 atom stereocenters. The summed E-state index contributed by atoms with van der Waals surface area (Å²) in [6, 6.07) is 3.47. The van der Waals surface area contributed by atoms with Gasteiger partial charge in [0.15, 0.2) is 0 Å². The molecule has 0 radical (unpaired) electrons. The summed E-state index contributed by atoms with van der Waals surface area (Å²) in [7, 11) is 0. The monoisotopic (exact) mass is 294 g/mol. The Morgan fingerprint density at radius 2 is 1.67 bits per heavy atom. The number of hydrogen-bond acceptors (Lipinski definition) is 4. The zero-order valence-corrected chi connectivity index (χ0v) is 11.6. The van der Waals surface area contributed by atoms with Crippen LogP contribution in [0.1, 0.15) is 40.5 Å². The van der Waals surface area contributed by atoms with Crippen molar-refractivity contribution in [1.29, 1.82) is 0 Å². The molecule has 0 aliphatic rings. The van der Waals surface area contributed by atoms with Crippen LogP contribution in [0.5, 0.6) is 0 Å². The molecule has 7 heteroatoms. The van der Waals surface area contributed by atoms with E-state index in [0.29, 0.717) is 6.54 Å². The van der Waals surface area contributed by atoms with Gasteiger partial charge in [0.25, 0.3) is 0 Å². The van der Waals surface area contributed by atoms with E-state index in [1.807, 2.05) is 6.92 Å². The predicted octanol–water partition coefficient (Wildman–Crippen LogP) is 1.40. The number of benzene rings is 1. The van der Waals surface area contributed by atoms with Crippen molar-refractivity contribution in [3.63, 3.8) is 0 Å². The maximum atomic E-state index is 11.8. The van der Waals surface area contributed by atoms with E-state index in [2.05, 4.69) is 5.32 Å². The van der Waals surface area contributed by atoms with Gasteiger partial charge in [-0.3, -0.25) is 4.79 Å². The lowest BCUT2D eigenvalue weighted by Gasteiger charge is -2.12. The van der Waals surface area contributed by atoms with Crippen LogP contribution in [0.15, 0.2) is 18.2 Å². The summed E-state index contributed by atoms with van der Waals surface area (Å²) in [6.45, 7) is 2.29. The van der Waals surface area contributed by atoms with Crippen molar-refractivity contribution in [2.45, 2.75) is 19.8 Å². The number of nitrogens with two attached hydrogens (primary N) is 1. The maximum Gasteiger partial charge on any atom is 0.335 e. The smallest absolute Gasteiger partial charge is 0.335 e. The van der Waals surface area contributed by atoms with E-state index in [9.17, 15) is 14.4 Å². The fraction of sp³-hybridized carbons (Fsp3) is 0.357. The second-order valence-corrected chi connectivity index (χ2v) is 4.67. The molecule has 1 amide bonds. The minimum atomic E-state index is -1.26. The molecule has 1 aromatic rings. The van der Waals surface area contributed by atoms with E-state index in [4.69, 9.17) is 15.9 Å². The van der Waals surface area contributed by atoms with Crippen LogP contribution in [0.4, 0.5) is 5.69 Å². The molecule has 0 aliphatic carbocycles. The topological polar surface area (TPSA) is 130 Å². The number of carbonyl (C=O) groups excluding carboxylic acids is 1. The van der Waals surface area contributed by atoms with Gasteiger partial charge < -0.3 is 21.3 Å². The van der Waals surface area contributed by atoms with Crippen molar-refractivity contribution in [1.82, 2.24) is 0 Å². The van der Waals surface area contributed by atoms with Gasteiger partial charge in [0, 0.05) is 12.1 Å². The summed E-state index contributed by atoms with van der Waals surface area (Å²) in [5.41, 5.74) is 5.26. The van der Waals surface area contributed by atoms with E-state index < -0.39 is 11.9 Å². The van der Waals surface area contributed by atoms with Crippen molar-refractivity contribution in [2.24, 2.45) is 11.7 Å². The number of nitrogens with one attached hydrogen (secondary N) is 1. The molecule has 0 aromatic heterocycles. The lowest BCUT2D eigenvalue weighted by atomic mass is 10.0. The average Bonchev–Trinajstić information content (AvgIpc) is 2.44. The molecule has 0 aliphatic heterocycles. The Kier molecular flexibility index (Phi) is 5.86. The Balaban J connectivity index is 2.94. The molecule has 1 unspecified atom stereocenters. The summed E-state index contributed by atoms with van der Waals surface area (Å²) >= 11 is 0. The van der Waals surface area contributed by atoms with Gasteiger partial charge in [-0.25, -0.2) is 9.59 Å². The highest BCUT2D eigenvalue weighted by Gasteiger charge is 2.14. The van der Waals surface area contributed by atoms with Crippen LogP contribution in [0.25, 0.3) is 0 Å². The second-order valence-electron chi connectivity index (χ2n) is 4.67. The molecule has 0 fully saturated rings. The molecule has 21 heavy (non-hydrogen) atoms. The van der Waals surface area contributed by atoms with Crippen molar-refractivity contribution in [3.8, 4) is 0 Å². The summed E-state index contributed by atoms with van der Waals surface area (Å²) in [4.78, 5) is 33.8. The van der Waals surface area contributed by atoms with Crippen LogP contribution < -0.4 is 11.1 Å². The van der Waals surface area contributed by atoms with Gasteiger partial charge in [0.2, 0.25) is 5.91 Å². The van der Waals surface area contributed by atoms with E-state index in [1.54, 1.807) is 0 Å². The zero-order valence-electron chi connectivity index (χ0n) is 11.6. The molecule has 1 aromatic carbocycles. The SMILES string of the molecule is CCC(CN)CC(=O)Nc1cc(C(=O)O)cc(C(=O)O)c1. The summed E-state index contributed by atoms with van der Waals surface area (Å²) < 4.78 is 0. The highest BCUT2D eigenvalue weighted by Crippen LogP contribution is 2.17. The van der Waals surface area contributed by atoms with Crippen molar-refractivity contribution in [3.05, 3.63) is 29.3 Å². The third-order valence-electron chi connectivity index (χ3n) is 3.10. The van der Waals surface area contributed by atoms with Gasteiger partial charge in [-0.05, 0) is 30.7 Å². The molecule has 0 saturated heterocycles. The standard InChI is InChI=1S/C14H18N2O5/c1-2-8(7-15)3-12(17)16-11-5-9(13(18)19)4-10(6-11)14(20)21/h4-6,8H,2-3,7,15H2,1H3,(H,16,17)(H,18,19)(H,20,21). The van der Waals surface area contributed by atoms with Crippen LogP contribution in [0.3, 0.4) is 0 Å². The van der Waals surface area contributed by atoms with Crippen molar-refractivity contribution in [2.75, 3.05) is 11.9 Å². The number of carboxylic acids is 2. The van der Waals surface area contributed by atoms with Crippen LogP contribution in [-0.2, 0) is 4.79 Å². The summed E-state index contributed by atoms with van der Waals surface area (Å²) in [5.74, 6) is -2.82. The molecule has 0 bridgehead atoms. The maximum absolute atomic E-state index is 11.8. The Labute approximate surface area is 121 Å². The third kappa shape index (κ3) is 4.88. The molecule has 7 nitrogen and oxygen atoms in total. The number of carboxylic acid groups (broad SMARTS) is 2. The predicted molar refractivity (Wildman–Crippen MR) is 76.4 cm³/mol. The number of carbonyl (C=O) groups is 3. The first kappa shape index (κ1) is 16.6. The third-order valence-corrected chi connectivity index (χ3v) is 3.10. The lowest BCUT2D eigenvalue weighted by Crippen LogP contribution is -2.22. The van der Waals surface area contributed by atoms with E-state index in [-0.39, 0.29) is 35.1 Å². The van der Waals surface area contributed by atoms with Gasteiger partial charge >= 0.3 is 11.9 Å². The summed E-state index contributed by atoms with van der Waals surface area (Å²) in [6.07, 6.45) is 0.951. The fourth-order valence-corrected chi connectivity index (χ4v) is 1.82. The molecule has 114 valence electrons. The Hall–Kier alpha value is -2.41. The second kappa shape index (κ2) is 7.39. The minimum Gasteiger partial charge on any atom is -0.478 e. The molecule has 5 N–H and O–H groups in total. The molecular formula is C14H18N2O5. The lowest BCUT2D eigenvalue weighted by molar-refractivity contribution is -0.117. The summed E-state index contributed by atoms with van der Waals surface area (Å²) in [5, 5.41) is 20.4. The highest BCUT2D eigenvalue weighted by molar-refractivity contribution is 5.98. The Morgan fingerprint density at radius 1 is 1.14 bits per heavy atom. The largest absolute Gasteiger partial charge is 0.478 e. The number of hydrogen-bond donors (Lipinski definition) is 4. The normalized spacial score (nSPS) is 11.7. The number of amides is 1. The van der Waals surface area contributed by atoms with Crippen molar-refractivity contribution >= 4 is 23.5 Å². The quantitative estimate of drug-likeness (QED) is 0.601. The van der Waals surface area contributed by atoms with E-state index in [1.165, 1.54) is 12.1 Å². The highest BCUT2D eigenvalue weighted by atomic mass is 16.4. The number of anilines is 1. The fourth-order valence-electron chi connectivity index (χ4n) is 1.82. The van der Waals surface area contributed by atoms with Crippen LogP contribution in [-0.4, -0.2) is 34.6 Å². The van der Waals surface area contributed by atoms with E-state index in [0.717, 1.165) is 12.5 Å². The molecule has 1 rings (SSSR count). The van der Waals surface area contributed by atoms with Crippen LogP contribution in [0, 0.1) is 5.92 Å². The number of rotatable bonds is 7. The van der Waals surface area contributed by atoms with Gasteiger partial charge in [0.05, 0.1) is 11.1 Å². The first-order valence-corrected chi connectivity index (χ1v) is 6.49. The molecule has 0 saturated carbocycles.